The van der Waals surface area contributed by atoms with E-state index in [1.807, 2.05) is 42.5 Å². The lowest BCUT2D eigenvalue weighted by Crippen LogP contribution is -2.28. The molecule has 2 aromatic carbocycles. The van der Waals surface area contributed by atoms with Crippen LogP contribution in [0.5, 0.6) is 5.75 Å². The minimum atomic E-state index is -0.600. The molecule has 3 heterocycles. The monoisotopic (exact) mass is 490 g/mol. The molecular weight excluding hydrogens is 468 g/mol. The smallest absolute Gasteiger partial charge is 0.289 e. The topological polar surface area (TPSA) is 114 Å². The maximum absolute atomic E-state index is 9.70. The third-order valence-corrected chi connectivity index (χ3v) is 5.69. The number of fused-ring (bicyclic) bond motifs is 1. The lowest BCUT2D eigenvalue weighted by atomic mass is 10.2. The zero-order chi connectivity index (χ0) is 24.2. The largest absolute Gasteiger partial charge is 0.486 e. The highest BCUT2D eigenvalue weighted by molar-refractivity contribution is 6.32. The van der Waals surface area contributed by atoms with Crippen molar-refractivity contribution in [2.24, 2.45) is 4.99 Å². The van der Waals surface area contributed by atoms with E-state index in [9.17, 15) is 5.11 Å². The van der Waals surface area contributed by atoms with Gasteiger partial charge in [0.15, 0.2) is 0 Å². The molecule has 3 N–H and O–H groups in total. The Hall–Kier alpha value is -3.95. The van der Waals surface area contributed by atoms with Crippen LogP contribution in [0.15, 0.2) is 72.1 Å². The first-order valence-corrected chi connectivity index (χ1v) is 11.4. The molecule has 1 aliphatic rings. The second kappa shape index (κ2) is 10.1. The minimum absolute atomic E-state index is 0.326. The number of aromatic nitrogens is 3. The van der Waals surface area contributed by atoms with Crippen molar-refractivity contribution in [3.63, 3.8) is 0 Å². The van der Waals surface area contributed by atoms with Gasteiger partial charge in [0.25, 0.3) is 6.02 Å². The van der Waals surface area contributed by atoms with Gasteiger partial charge in [-0.15, -0.1) is 0 Å². The van der Waals surface area contributed by atoms with E-state index in [4.69, 9.17) is 21.1 Å². The van der Waals surface area contributed by atoms with E-state index in [2.05, 4.69) is 30.6 Å². The molecule has 0 saturated heterocycles. The average Bonchev–Trinajstić information content (AvgIpc) is 3.33. The molecule has 1 unspecified atom stereocenters. The standard InChI is InChI=1S/C25H23ClN6O3/c1-15(33)23-12-28-25(35-23)32-16-5-7-21-19(10-16)24(30-14-29-21)31-17-6-8-22(20(26)11-17)34-13-18-4-2-3-9-27-18/h2-11,14-15,23,33H,12-13H2,1H3,(H,28,32)(H,29,30,31)/t15?,23-/m0/s1. The molecular formula is C25H23ClN6O3. The van der Waals surface area contributed by atoms with Gasteiger partial charge in [-0.25, -0.2) is 15.0 Å². The number of halogens is 1. The zero-order valence-electron chi connectivity index (χ0n) is 18.9. The van der Waals surface area contributed by atoms with Crippen LogP contribution in [-0.2, 0) is 11.3 Å². The van der Waals surface area contributed by atoms with Gasteiger partial charge in [-0.05, 0) is 55.5 Å². The summed E-state index contributed by atoms with van der Waals surface area (Å²) in [7, 11) is 0. The summed E-state index contributed by atoms with van der Waals surface area (Å²) in [5, 5.41) is 17.4. The number of aliphatic hydroxyl groups is 1. The van der Waals surface area contributed by atoms with Crippen LogP contribution < -0.4 is 15.4 Å². The summed E-state index contributed by atoms with van der Waals surface area (Å²) < 4.78 is 11.5. The highest BCUT2D eigenvalue weighted by Crippen LogP contribution is 2.31. The predicted molar refractivity (Wildman–Crippen MR) is 135 cm³/mol. The number of pyridine rings is 1. The first-order chi connectivity index (χ1) is 17.0. The van der Waals surface area contributed by atoms with E-state index < -0.39 is 6.10 Å². The molecule has 10 heteroatoms. The van der Waals surface area contributed by atoms with Crippen LogP contribution in [0, 0.1) is 0 Å². The summed E-state index contributed by atoms with van der Waals surface area (Å²) >= 11 is 6.46. The molecule has 2 aromatic heterocycles. The number of rotatable bonds is 7. The molecule has 0 aliphatic carbocycles. The molecule has 5 rings (SSSR count). The van der Waals surface area contributed by atoms with Crippen molar-refractivity contribution in [1.29, 1.82) is 0 Å². The molecule has 1 aliphatic heterocycles. The van der Waals surface area contributed by atoms with Gasteiger partial charge < -0.3 is 25.2 Å². The van der Waals surface area contributed by atoms with Gasteiger partial charge in [0.2, 0.25) is 0 Å². The summed E-state index contributed by atoms with van der Waals surface area (Å²) in [4.78, 5) is 17.3. The van der Waals surface area contributed by atoms with Crippen molar-refractivity contribution in [3.8, 4) is 5.75 Å². The van der Waals surface area contributed by atoms with Crippen LogP contribution in [-0.4, -0.2) is 44.8 Å². The Morgan fingerprint density at radius 2 is 1.94 bits per heavy atom. The Balaban J connectivity index is 1.31. The number of aliphatic hydroxyl groups excluding tert-OH is 1. The number of anilines is 3. The molecule has 35 heavy (non-hydrogen) atoms. The van der Waals surface area contributed by atoms with E-state index in [1.165, 1.54) is 6.33 Å². The average molecular weight is 491 g/mol. The highest BCUT2D eigenvalue weighted by Gasteiger charge is 2.24. The normalized spacial score (nSPS) is 15.9. The summed E-state index contributed by atoms with van der Waals surface area (Å²) in [6.07, 6.45) is 2.28. The van der Waals surface area contributed by atoms with E-state index in [1.54, 1.807) is 25.3 Å². The number of benzene rings is 2. The second-order valence-corrected chi connectivity index (χ2v) is 8.41. The number of ether oxygens (including phenoxy) is 2. The number of aliphatic imine (C=N–C) groups is 1. The maximum Gasteiger partial charge on any atom is 0.289 e. The number of hydrogen-bond acceptors (Lipinski definition) is 9. The fourth-order valence-corrected chi connectivity index (χ4v) is 3.77. The zero-order valence-corrected chi connectivity index (χ0v) is 19.6. The Labute approximate surface area is 206 Å². The van der Waals surface area contributed by atoms with E-state index in [-0.39, 0.29) is 6.10 Å². The SMILES string of the molecule is CC(O)[C@@H]1CN=C(Nc2ccc3ncnc(Nc4ccc(OCc5ccccn5)c(Cl)c4)c3c2)O1. The molecule has 0 amide bonds. The quantitative estimate of drug-likeness (QED) is 0.346. The number of hydrogen-bond donors (Lipinski definition) is 3. The summed E-state index contributed by atoms with van der Waals surface area (Å²) in [5.41, 5.74) is 3.10. The Kier molecular flexibility index (Phi) is 6.60. The fourth-order valence-electron chi connectivity index (χ4n) is 3.54. The summed E-state index contributed by atoms with van der Waals surface area (Å²) in [6, 6.07) is 17.2. The third-order valence-electron chi connectivity index (χ3n) is 5.40. The van der Waals surface area contributed by atoms with Crippen LogP contribution in [0.3, 0.4) is 0 Å². The molecule has 0 spiro atoms. The molecule has 9 nitrogen and oxygen atoms in total. The van der Waals surface area contributed by atoms with Gasteiger partial charge in [-0.2, -0.15) is 0 Å². The summed E-state index contributed by atoms with van der Waals surface area (Å²) in [6.45, 7) is 2.41. The van der Waals surface area contributed by atoms with E-state index in [0.717, 1.165) is 28.0 Å². The Morgan fingerprint density at radius 1 is 1.09 bits per heavy atom. The molecule has 0 radical (unpaired) electrons. The van der Waals surface area contributed by atoms with Gasteiger partial charge in [0.05, 0.1) is 28.9 Å². The van der Waals surface area contributed by atoms with Crippen LogP contribution >= 0.6 is 11.6 Å². The highest BCUT2D eigenvalue weighted by atomic mass is 35.5. The first kappa shape index (κ1) is 22.8. The lowest BCUT2D eigenvalue weighted by Gasteiger charge is -2.15. The second-order valence-electron chi connectivity index (χ2n) is 8.00. The van der Waals surface area contributed by atoms with Gasteiger partial charge in [0, 0.05) is 23.0 Å². The fraction of sp³-hybridized carbons (Fsp3) is 0.200. The van der Waals surface area contributed by atoms with E-state index in [0.29, 0.717) is 35.8 Å². The van der Waals surface area contributed by atoms with Crippen molar-refractivity contribution in [1.82, 2.24) is 15.0 Å². The van der Waals surface area contributed by atoms with Crippen LogP contribution in [0.2, 0.25) is 5.02 Å². The van der Waals surface area contributed by atoms with Gasteiger partial charge >= 0.3 is 0 Å². The molecule has 4 aromatic rings. The molecule has 0 bridgehead atoms. The van der Waals surface area contributed by atoms with Crippen LogP contribution in [0.1, 0.15) is 12.6 Å². The number of nitrogens with one attached hydrogen (secondary N) is 2. The van der Waals surface area contributed by atoms with Gasteiger partial charge in [0.1, 0.15) is 30.6 Å². The van der Waals surface area contributed by atoms with Crippen molar-refractivity contribution in [2.45, 2.75) is 25.7 Å². The summed E-state index contributed by atoms with van der Waals surface area (Å²) in [5.74, 6) is 1.18. The Bertz CT molecular complexity index is 1370. The van der Waals surface area contributed by atoms with Gasteiger partial charge in [-0.1, -0.05) is 17.7 Å². The lowest BCUT2D eigenvalue weighted by molar-refractivity contribution is 0.0593. The molecule has 0 fully saturated rings. The molecule has 0 saturated carbocycles. The Morgan fingerprint density at radius 3 is 2.71 bits per heavy atom. The molecule has 178 valence electrons. The van der Waals surface area contributed by atoms with E-state index >= 15 is 0 Å². The van der Waals surface area contributed by atoms with Crippen molar-refractivity contribution in [3.05, 3.63) is 77.8 Å². The first-order valence-electron chi connectivity index (χ1n) is 11.1. The van der Waals surface area contributed by atoms with Gasteiger partial charge in [-0.3, -0.25) is 4.98 Å². The maximum atomic E-state index is 9.70. The van der Waals surface area contributed by atoms with Crippen LogP contribution in [0.4, 0.5) is 17.2 Å². The minimum Gasteiger partial charge on any atom is -0.486 e. The predicted octanol–water partition coefficient (Wildman–Crippen LogP) is 4.55. The van der Waals surface area contributed by atoms with Crippen LogP contribution in [0.25, 0.3) is 10.9 Å². The van der Waals surface area contributed by atoms with Crippen molar-refractivity contribution < 1.29 is 14.6 Å². The number of amidine groups is 1. The molecule has 2 atom stereocenters. The number of nitrogens with zero attached hydrogens (tertiary/aromatic N) is 4. The third kappa shape index (κ3) is 5.42. The van der Waals surface area contributed by atoms with Crippen molar-refractivity contribution in [2.75, 3.05) is 17.2 Å². The van der Waals surface area contributed by atoms with Crippen molar-refractivity contribution >= 4 is 45.7 Å².